The van der Waals surface area contributed by atoms with E-state index in [0.717, 1.165) is 10.9 Å². The van der Waals surface area contributed by atoms with Gasteiger partial charge in [0.2, 0.25) is 0 Å². The number of carbonyl (C=O) groups is 1. The molecule has 4 N–H and O–H groups in total. The Bertz CT molecular complexity index is 734. The Labute approximate surface area is 117 Å². The number of nitrogens with one attached hydrogen (secondary N) is 2. The maximum atomic E-state index is 12.0. The van der Waals surface area contributed by atoms with Crippen LogP contribution in [0.25, 0.3) is 10.9 Å². The molecule has 0 spiro atoms. The first-order chi connectivity index (χ1) is 9.37. The summed E-state index contributed by atoms with van der Waals surface area (Å²) in [6.45, 7) is 0.320. The van der Waals surface area contributed by atoms with E-state index in [-0.39, 0.29) is 11.7 Å². The fraction of sp³-hybridized carbons (Fsp3) is 0.308. The summed E-state index contributed by atoms with van der Waals surface area (Å²) in [7, 11) is -2.99. The number of carbonyl (C=O) groups excluding carboxylic acids is 1. The number of aromatic nitrogens is 1. The SMILES string of the molecule is CS(=O)(=O)CCCNC(=O)c1c[nH]c2ccc(N)cc12. The molecule has 1 aromatic carbocycles. The van der Waals surface area contributed by atoms with Crippen LogP contribution in [0.2, 0.25) is 0 Å². The molecular formula is C13H17N3O3S. The van der Waals surface area contributed by atoms with Gasteiger partial charge < -0.3 is 16.0 Å². The van der Waals surface area contributed by atoms with Gasteiger partial charge in [-0.2, -0.15) is 0 Å². The third-order valence-electron chi connectivity index (χ3n) is 2.93. The van der Waals surface area contributed by atoms with E-state index >= 15 is 0 Å². The summed E-state index contributed by atoms with van der Waals surface area (Å²) in [5, 5.41) is 3.46. The minimum atomic E-state index is -2.99. The lowest BCUT2D eigenvalue weighted by Crippen LogP contribution is -2.25. The van der Waals surface area contributed by atoms with Gasteiger partial charge in [-0.25, -0.2) is 8.42 Å². The van der Waals surface area contributed by atoms with Crippen LogP contribution in [0.4, 0.5) is 5.69 Å². The second kappa shape index (κ2) is 5.54. The van der Waals surface area contributed by atoms with Crippen LogP contribution in [-0.2, 0) is 9.84 Å². The Morgan fingerprint density at radius 3 is 2.85 bits per heavy atom. The van der Waals surface area contributed by atoms with Crippen LogP contribution in [0.3, 0.4) is 0 Å². The van der Waals surface area contributed by atoms with E-state index in [2.05, 4.69) is 10.3 Å². The molecule has 0 saturated carbocycles. The molecule has 2 aromatic rings. The largest absolute Gasteiger partial charge is 0.399 e. The first-order valence-corrected chi connectivity index (χ1v) is 8.25. The highest BCUT2D eigenvalue weighted by molar-refractivity contribution is 7.90. The Hall–Kier alpha value is -2.02. The summed E-state index contributed by atoms with van der Waals surface area (Å²) in [6, 6.07) is 5.30. The third kappa shape index (κ3) is 3.51. The van der Waals surface area contributed by atoms with Gasteiger partial charge in [0.1, 0.15) is 9.84 Å². The molecule has 1 heterocycles. The average molecular weight is 295 g/mol. The molecule has 7 heteroatoms. The van der Waals surface area contributed by atoms with Gasteiger partial charge in [-0.1, -0.05) is 0 Å². The number of nitrogens with two attached hydrogens (primary N) is 1. The van der Waals surface area contributed by atoms with E-state index in [1.54, 1.807) is 18.3 Å². The van der Waals surface area contributed by atoms with E-state index in [1.165, 1.54) is 6.26 Å². The molecule has 0 aliphatic rings. The number of hydrogen-bond acceptors (Lipinski definition) is 4. The minimum absolute atomic E-state index is 0.0636. The van der Waals surface area contributed by atoms with Crippen LogP contribution < -0.4 is 11.1 Å². The highest BCUT2D eigenvalue weighted by Gasteiger charge is 2.12. The Morgan fingerprint density at radius 1 is 1.40 bits per heavy atom. The van der Waals surface area contributed by atoms with Crippen molar-refractivity contribution in [2.45, 2.75) is 6.42 Å². The van der Waals surface area contributed by atoms with E-state index in [9.17, 15) is 13.2 Å². The Morgan fingerprint density at radius 2 is 2.15 bits per heavy atom. The number of anilines is 1. The van der Waals surface area contributed by atoms with Crippen molar-refractivity contribution in [2.24, 2.45) is 0 Å². The van der Waals surface area contributed by atoms with Crippen molar-refractivity contribution in [1.82, 2.24) is 10.3 Å². The summed E-state index contributed by atoms with van der Waals surface area (Å²) >= 11 is 0. The van der Waals surface area contributed by atoms with Crippen molar-refractivity contribution in [1.29, 1.82) is 0 Å². The predicted molar refractivity (Wildman–Crippen MR) is 79.4 cm³/mol. The Balaban J connectivity index is 2.03. The molecule has 0 saturated heterocycles. The molecule has 6 nitrogen and oxygen atoms in total. The number of hydrogen-bond donors (Lipinski definition) is 3. The summed E-state index contributed by atoms with van der Waals surface area (Å²) < 4.78 is 22.0. The molecule has 20 heavy (non-hydrogen) atoms. The fourth-order valence-corrected chi connectivity index (χ4v) is 2.63. The highest BCUT2D eigenvalue weighted by atomic mass is 32.2. The van der Waals surface area contributed by atoms with Crippen molar-refractivity contribution >= 4 is 32.3 Å². The minimum Gasteiger partial charge on any atom is -0.399 e. The first-order valence-electron chi connectivity index (χ1n) is 6.19. The molecule has 1 amide bonds. The normalized spacial score (nSPS) is 11.7. The topological polar surface area (TPSA) is 105 Å². The van der Waals surface area contributed by atoms with Crippen LogP contribution >= 0.6 is 0 Å². The zero-order valence-electron chi connectivity index (χ0n) is 11.1. The first kappa shape index (κ1) is 14.4. The molecule has 0 aliphatic heterocycles. The molecule has 0 fully saturated rings. The van der Waals surface area contributed by atoms with Crippen LogP contribution in [0.5, 0.6) is 0 Å². The average Bonchev–Trinajstić information content (AvgIpc) is 2.76. The monoisotopic (exact) mass is 295 g/mol. The third-order valence-corrected chi connectivity index (χ3v) is 3.96. The van der Waals surface area contributed by atoms with Crippen LogP contribution in [0.15, 0.2) is 24.4 Å². The number of nitrogen functional groups attached to an aromatic ring is 1. The standard InChI is InChI=1S/C13H17N3O3S/c1-20(18,19)6-2-5-15-13(17)11-8-16-12-4-3-9(14)7-10(11)12/h3-4,7-8,16H,2,5-6,14H2,1H3,(H,15,17). The number of H-pyrrole nitrogens is 1. The van der Waals surface area contributed by atoms with Gasteiger partial charge in [0.05, 0.1) is 11.3 Å². The van der Waals surface area contributed by atoms with E-state index < -0.39 is 9.84 Å². The molecule has 0 radical (unpaired) electrons. The maximum absolute atomic E-state index is 12.0. The van der Waals surface area contributed by atoms with E-state index in [4.69, 9.17) is 5.73 Å². The maximum Gasteiger partial charge on any atom is 0.253 e. The number of aromatic amines is 1. The lowest BCUT2D eigenvalue weighted by Gasteiger charge is -2.04. The van der Waals surface area contributed by atoms with Gasteiger partial charge in [0, 0.05) is 35.6 Å². The van der Waals surface area contributed by atoms with Gasteiger partial charge >= 0.3 is 0 Å². The van der Waals surface area contributed by atoms with Crippen LogP contribution in [-0.4, -0.2) is 37.9 Å². The van der Waals surface area contributed by atoms with Gasteiger partial charge in [-0.15, -0.1) is 0 Å². The second-order valence-corrected chi connectivity index (χ2v) is 7.01. The van der Waals surface area contributed by atoms with Gasteiger partial charge in [-0.05, 0) is 24.6 Å². The van der Waals surface area contributed by atoms with Crippen molar-refractivity contribution in [3.63, 3.8) is 0 Å². The number of rotatable bonds is 5. The quantitative estimate of drug-likeness (QED) is 0.563. The molecule has 0 atom stereocenters. The second-order valence-electron chi connectivity index (χ2n) is 4.75. The Kier molecular flexibility index (Phi) is 3.99. The number of amides is 1. The van der Waals surface area contributed by atoms with Gasteiger partial charge in [0.15, 0.2) is 0 Å². The molecular weight excluding hydrogens is 278 g/mol. The van der Waals surface area contributed by atoms with Crippen molar-refractivity contribution in [3.8, 4) is 0 Å². The summed E-state index contributed by atoms with van der Waals surface area (Å²) in [4.78, 5) is 15.0. The van der Waals surface area contributed by atoms with Crippen molar-refractivity contribution in [2.75, 3.05) is 24.3 Å². The van der Waals surface area contributed by atoms with Crippen LogP contribution in [0.1, 0.15) is 16.8 Å². The number of benzene rings is 1. The molecule has 0 aliphatic carbocycles. The van der Waals surface area contributed by atoms with Gasteiger partial charge in [-0.3, -0.25) is 4.79 Å². The van der Waals surface area contributed by atoms with E-state index in [1.807, 2.05) is 6.07 Å². The molecule has 1 aromatic heterocycles. The summed E-state index contributed by atoms with van der Waals surface area (Å²) in [5.41, 5.74) is 7.64. The van der Waals surface area contributed by atoms with Crippen LogP contribution in [0, 0.1) is 0 Å². The zero-order valence-corrected chi connectivity index (χ0v) is 12.0. The number of fused-ring (bicyclic) bond motifs is 1. The lowest BCUT2D eigenvalue weighted by molar-refractivity contribution is 0.0955. The molecule has 2 rings (SSSR count). The summed E-state index contributed by atoms with van der Waals surface area (Å²) in [6.07, 6.45) is 3.20. The zero-order chi connectivity index (χ0) is 14.8. The fourth-order valence-electron chi connectivity index (χ4n) is 1.96. The van der Waals surface area contributed by atoms with Crippen molar-refractivity contribution in [3.05, 3.63) is 30.0 Å². The summed E-state index contributed by atoms with van der Waals surface area (Å²) in [5.74, 6) is -0.177. The number of sulfone groups is 1. The molecule has 108 valence electrons. The molecule has 0 unspecified atom stereocenters. The van der Waals surface area contributed by atoms with E-state index in [0.29, 0.717) is 24.2 Å². The lowest BCUT2D eigenvalue weighted by atomic mass is 10.1. The smallest absolute Gasteiger partial charge is 0.253 e. The van der Waals surface area contributed by atoms with Gasteiger partial charge in [0.25, 0.3) is 5.91 Å². The highest BCUT2D eigenvalue weighted by Crippen LogP contribution is 2.20. The molecule has 0 bridgehead atoms. The van der Waals surface area contributed by atoms with Crippen molar-refractivity contribution < 1.29 is 13.2 Å². The predicted octanol–water partition coefficient (Wildman–Crippen LogP) is 0.915.